The Morgan fingerprint density at radius 3 is 2.94 bits per heavy atom. The van der Waals surface area contributed by atoms with Crippen molar-refractivity contribution in [1.29, 1.82) is 0 Å². The first-order valence-corrected chi connectivity index (χ1v) is 5.93. The minimum atomic E-state index is -0.00958. The molecule has 1 heterocycles. The second kappa shape index (κ2) is 5.68. The lowest BCUT2D eigenvalue weighted by atomic mass is 10.2. The van der Waals surface area contributed by atoms with Crippen LogP contribution in [0.25, 0.3) is 0 Å². The third-order valence-corrected chi connectivity index (χ3v) is 2.92. The maximum atomic E-state index is 11.9. The molecule has 0 saturated carbocycles. The molecule has 1 fully saturated rings. The van der Waals surface area contributed by atoms with Crippen LogP contribution < -0.4 is 5.32 Å². The van der Waals surface area contributed by atoms with Crippen LogP contribution >= 0.6 is 0 Å². The van der Waals surface area contributed by atoms with Crippen LogP contribution in [0.5, 0.6) is 0 Å². The van der Waals surface area contributed by atoms with Gasteiger partial charge in [0, 0.05) is 13.1 Å². The van der Waals surface area contributed by atoms with E-state index in [1.54, 1.807) is 0 Å². The van der Waals surface area contributed by atoms with E-state index in [0.717, 1.165) is 5.56 Å². The largest absolute Gasteiger partial charge is 0.377 e. The van der Waals surface area contributed by atoms with Crippen molar-refractivity contribution < 1.29 is 9.53 Å². The standard InChI is InChI=1S/C13H18N2O2/c1-11-10-17-8-7-15(11)13(16)14-9-12-5-3-2-4-6-12/h2-6,11H,7-10H2,1H3,(H,14,16). The molecule has 2 amide bonds. The zero-order valence-electron chi connectivity index (χ0n) is 10.1. The summed E-state index contributed by atoms with van der Waals surface area (Å²) in [7, 11) is 0. The van der Waals surface area contributed by atoms with Gasteiger partial charge in [0.25, 0.3) is 0 Å². The van der Waals surface area contributed by atoms with Gasteiger partial charge in [-0.3, -0.25) is 0 Å². The number of carbonyl (C=O) groups is 1. The molecule has 0 aliphatic carbocycles. The molecule has 17 heavy (non-hydrogen) atoms. The Morgan fingerprint density at radius 1 is 1.47 bits per heavy atom. The molecule has 1 saturated heterocycles. The first-order chi connectivity index (χ1) is 8.27. The summed E-state index contributed by atoms with van der Waals surface area (Å²) < 4.78 is 5.30. The number of amides is 2. The van der Waals surface area contributed by atoms with E-state index in [2.05, 4.69) is 5.32 Å². The van der Waals surface area contributed by atoms with Crippen molar-refractivity contribution in [2.75, 3.05) is 19.8 Å². The highest BCUT2D eigenvalue weighted by molar-refractivity contribution is 5.74. The Labute approximate surface area is 102 Å². The van der Waals surface area contributed by atoms with Crippen LogP contribution in [0.15, 0.2) is 30.3 Å². The number of nitrogens with zero attached hydrogens (tertiary/aromatic N) is 1. The second-order valence-corrected chi connectivity index (χ2v) is 4.26. The van der Waals surface area contributed by atoms with Gasteiger partial charge >= 0.3 is 6.03 Å². The molecule has 0 aromatic heterocycles. The Hall–Kier alpha value is -1.55. The summed E-state index contributed by atoms with van der Waals surface area (Å²) in [5, 5.41) is 2.93. The van der Waals surface area contributed by atoms with E-state index >= 15 is 0 Å². The summed E-state index contributed by atoms with van der Waals surface area (Å²) in [4.78, 5) is 13.8. The van der Waals surface area contributed by atoms with Crippen molar-refractivity contribution in [3.05, 3.63) is 35.9 Å². The number of benzene rings is 1. The van der Waals surface area contributed by atoms with Gasteiger partial charge in [-0.25, -0.2) is 4.79 Å². The summed E-state index contributed by atoms with van der Waals surface area (Å²) in [6.07, 6.45) is 0. The van der Waals surface area contributed by atoms with Crippen molar-refractivity contribution in [2.45, 2.75) is 19.5 Å². The van der Waals surface area contributed by atoms with Gasteiger partial charge in [-0.2, -0.15) is 0 Å². The third kappa shape index (κ3) is 3.20. The normalized spacial score (nSPS) is 20.1. The van der Waals surface area contributed by atoms with E-state index in [1.165, 1.54) is 0 Å². The maximum Gasteiger partial charge on any atom is 0.318 e. The first kappa shape index (κ1) is 11.9. The maximum absolute atomic E-state index is 11.9. The number of rotatable bonds is 2. The zero-order chi connectivity index (χ0) is 12.1. The lowest BCUT2D eigenvalue weighted by molar-refractivity contribution is 0.0190. The van der Waals surface area contributed by atoms with Crippen LogP contribution in [0.1, 0.15) is 12.5 Å². The van der Waals surface area contributed by atoms with Gasteiger partial charge in [0.15, 0.2) is 0 Å². The molecule has 1 aromatic carbocycles. The SMILES string of the molecule is CC1COCCN1C(=O)NCc1ccccc1. The number of hydrogen-bond donors (Lipinski definition) is 1. The molecule has 1 N–H and O–H groups in total. The molecule has 0 spiro atoms. The van der Waals surface area contributed by atoms with Crippen LogP contribution in [-0.2, 0) is 11.3 Å². The Bertz CT molecular complexity index is 367. The molecular formula is C13H18N2O2. The second-order valence-electron chi connectivity index (χ2n) is 4.26. The molecular weight excluding hydrogens is 216 g/mol. The molecule has 92 valence electrons. The molecule has 4 heteroatoms. The summed E-state index contributed by atoms with van der Waals surface area (Å²) in [6.45, 7) is 4.49. The molecule has 0 radical (unpaired) electrons. The average Bonchev–Trinajstić information content (AvgIpc) is 2.38. The van der Waals surface area contributed by atoms with Gasteiger partial charge in [-0.1, -0.05) is 30.3 Å². The molecule has 2 rings (SSSR count). The van der Waals surface area contributed by atoms with Crippen molar-refractivity contribution in [3.63, 3.8) is 0 Å². The highest BCUT2D eigenvalue weighted by atomic mass is 16.5. The summed E-state index contributed by atoms with van der Waals surface area (Å²) in [5.74, 6) is 0. The Morgan fingerprint density at radius 2 is 2.24 bits per heavy atom. The van der Waals surface area contributed by atoms with E-state index in [9.17, 15) is 4.79 Å². The minimum absolute atomic E-state index is 0.00958. The quantitative estimate of drug-likeness (QED) is 0.844. The molecule has 1 unspecified atom stereocenters. The predicted octanol–water partition coefficient (Wildman–Crippen LogP) is 1.62. The van der Waals surface area contributed by atoms with Crippen LogP contribution in [0, 0.1) is 0 Å². The average molecular weight is 234 g/mol. The fourth-order valence-corrected chi connectivity index (χ4v) is 1.90. The van der Waals surface area contributed by atoms with Gasteiger partial charge < -0.3 is 15.0 Å². The van der Waals surface area contributed by atoms with Crippen LogP contribution in [0.4, 0.5) is 4.79 Å². The molecule has 1 aromatic rings. The van der Waals surface area contributed by atoms with Gasteiger partial charge in [-0.05, 0) is 12.5 Å². The zero-order valence-corrected chi connectivity index (χ0v) is 10.1. The number of ether oxygens (including phenoxy) is 1. The highest BCUT2D eigenvalue weighted by Gasteiger charge is 2.23. The topological polar surface area (TPSA) is 41.6 Å². The fraction of sp³-hybridized carbons (Fsp3) is 0.462. The highest BCUT2D eigenvalue weighted by Crippen LogP contribution is 2.06. The number of urea groups is 1. The van der Waals surface area contributed by atoms with E-state index in [1.807, 2.05) is 42.2 Å². The Balaban J connectivity index is 1.84. The summed E-state index contributed by atoms with van der Waals surface area (Å²) in [6, 6.07) is 10.1. The van der Waals surface area contributed by atoms with Gasteiger partial charge in [0.2, 0.25) is 0 Å². The predicted molar refractivity (Wildman–Crippen MR) is 65.7 cm³/mol. The lowest BCUT2D eigenvalue weighted by Crippen LogP contribution is -2.51. The van der Waals surface area contributed by atoms with Crippen LogP contribution in [0.3, 0.4) is 0 Å². The lowest BCUT2D eigenvalue weighted by Gasteiger charge is -2.33. The van der Waals surface area contributed by atoms with E-state index in [-0.39, 0.29) is 12.1 Å². The Kier molecular flexibility index (Phi) is 3.98. The number of carbonyl (C=O) groups excluding carboxylic acids is 1. The first-order valence-electron chi connectivity index (χ1n) is 5.93. The van der Waals surface area contributed by atoms with Crippen LogP contribution in [-0.4, -0.2) is 36.7 Å². The minimum Gasteiger partial charge on any atom is -0.377 e. The van der Waals surface area contributed by atoms with E-state index in [4.69, 9.17) is 4.74 Å². The summed E-state index contributed by atoms with van der Waals surface area (Å²) >= 11 is 0. The smallest absolute Gasteiger partial charge is 0.318 e. The van der Waals surface area contributed by atoms with E-state index in [0.29, 0.717) is 26.3 Å². The molecule has 1 aliphatic heterocycles. The van der Waals surface area contributed by atoms with Crippen molar-refractivity contribution in [1.82, 2.24) is 10.2 Å². The van der Waals surface area contributed by atoms with Crippen molar-refractivity contribution in [2.24, 2.45) is 0 Å². The molecule has 1 atom stereocenters. The summed E-state index contributed by atoms with van der Waals surface area (Å²) in [5.41, 5.74) is 1.11. The third-order valence-electron chi connectivity index (χ3n) is 2.92. The monoisotopic (exact) mass is 234 g/mol. The fourth-order valence-electron chi connectivity index (χ4n) is 1.90. The van der Waals surface area contributed by atoms with E-state index < -0.39 is 0 Å². The van der Waals surface area contributed by atoms with Gasteiger partial charge in [0.1, 0.15) is 0 Å². The molecule has 0 bridgehead atoms. The number of nitrogens with one attached hydrogen (secondary N) is 1. The van der Waals surface area contributed by atoms with Gasteiger partial charge in [0.05, 0.1) is 19.3 Å². The molecule has 1 aliphatic rings. The number of hydrogen-bond acceptors (Lipinski definition) is 2. The molecule has 4 nitrogen and oxygen atoms in total. The van der Waals surface area contributed by atoms with Crippen molar-refractivity contribution in [3.8, 4) is 0 Å². The number of morpholine rings is 1. The van der Waals surface area contributed by atoms with Crippen LogP contribution in [0.2, 0.25) is 0 Å². The van der Waals surface area contributed by atoms with Gasteiger partial charge in [-0.15, -0.1) is 0 Å². The van der Waals surface area contributed by atoms with Crippen molar-refractivity contribution >= 4 is 6.03 Å².